The minimum atomic E-state index is -0.697. The lowest BCUT2D eigenvalue weighted by molar-refractivity contribution is -0.120. The Kier molecular flexibility index (Phi) is 7.26. The number of para-hydroxylation sites is 1. The summed E-state index contributed by atoms with van der Waals surface area (Å²) in [6.45, 7) is 2.01. The number of aryl methyl sites for hydroxylation is 1. The molecule has 0 saturated carbocycles. The fraction of sp³-hybridized carbons (Fsp3) is 0.148. The molecule has 0 bridgehead atoms. The number of hydrogen-bond acceptors (Lipinski definition) is 6. The zero-order chi connectivity index (χ0) is 25.8. The quantitative estimate of drug-likeness (QED) is 0.420. The summed E-state index contributed by atoms with van der Waals surface area (Å²) in [6, 6.07) is 18.9. The van der Waals surface area contributed by atoms with Crippen molar-refractivity contribution in [2.24, 2.45) is 0 Å². The van der Waals surface area contributed by atoms with E-state index in [4.69, 9.17) is 21.1 Å². The Hall–Kier alpha value is -4.30. The Morgan fingerprint density at radius 3 is 2.44 bits per heavy atom. The molecule has 184 valence electrons. The molecule has 1 aliphatic heterocycles. The number of carbonyl (C=O) groups excluding carboxylic acids is 3. The van der Waals surface area contributed by atoms with Gasteiger partial charge < -0.3 is 20.1 Å². The second-order valence-corrected chi connectivity index (χ2v) is 8.22. The van der Waals surface area contributed by atoms with Crippen molar-refractivity contribution in [3.05, 3.63) is 88.6 Å². The highest BCUT2D eigenvalue weighted by molar-refractivity contribution is 6.53. The zero-order valence-corrected chi connectivity index (χ0v) is 20.7. The third-order valence-electron chi connectivity index (χ3n) is 5.70. The van der Waals surface area contributed by atoms with Gasteiger partial charge in [0.15, 0.2) is 0 Å². The molecule has 0 saturated heterocycles. The number of imide groups is 1. The first-order chi connectivity index (χ1) is 17.4. The van der Waals surface area contributed by atoms with Crippen molar-refractivity contribution in [2.75, 3.05) is 29.8 Å². The molecule has 4 rings (SSSR count). The largest absolute Gasteiger partial charge is 0.497 e. The summed E-state index contributed by atoms with van der Waals surface area (Å²) in [5.41, 5.74) is 2.66. The number of halogens is 1. The van der Waals surface area contributed by atoms with E-state index in [1.54, 1.807) is 42.5 Å². The van der Waals surface area contributed by atoms with Gasteiger partial charge in [-0.05, 0) is 48.4 Å². The second-order valence-electron chi connectivity index (χ2n) is 7.84. The van der Waals surface area contributed by atoms with Crippen LogP contribution in [-0.2, 0) is 16.0 Å². The summed E-state index contributed by atoms with van der Waals surface area (Å²) in [7, 11) is 2.92. The van der Waals surface area contributed by atoms with E-state index in [0.29, 0.717) is 17.0 Å². The zero-order valence-electron chi connectivity index (χ0n) is 19.9. The molecule has 3 amide bonds. The van der Waals surface area contributed by atoms with E-state index in [-0.39, 0.29) is 28.1 Å². The molecule has 0 unspecified atom stereocenters. The van der Waals surface area contributed by atoms with Crippen molar-refractivity contribution in [2.45, 2.75) is 13.3 Å². The number of methoxy groups -OCH3 is 2. The summed E-state index contributed by atoms with van der Waals surface area (Å²) in [5, 5.41) is 5.54. The molecule has 2 N–H and O–H groups in total. The van der Waals surface area contributed by atoms with Crippen LogP contribution < -0.4 is 25.0 Å². The number of nitrogens with one attached hydrogen (secondary N) is 2. The van der Waals surface area contributed by atoms with Crippen LogP contribution >= 0.6 is 11.6 Å². The maximum absolute atomic E-state index is 13.2. The average molecular weight is 506 g/mol. The van der Waals surface area contributed by atoms with Crippen LogP contribution in [0, 0.1) is 0 Å². The molecule has 0 aliphatic carbocycles. The van der Waals surface area contributed by atoms with Crippen LogP contribution in [0.3, 0.4) is 0 Å². The molecule has 0 aromatic heterocycles. The van der Waals surface area contributed by atoms with E-state index in [2.05, 4.69) is 10.6 Å². The lowest BCUT2D eigenvalue weighted by Crippen LogP contribution is -2.32. The van der Waals surface area contributed by atoms with E-state index < -0.39 is 11.8 Å². The van der Waals surface area contributed by atoms with Gasteiger partial charge in [0.2, 0.25) is 0 Å². The maximum atomic E-state index is 13.2. The molecule has 8 nitrogen and oxygen atoms in total. The highest BCUT2D eigenvalue weighted by Crippen LogP contribution is 2.37. The van der Waals surface area contributed by atoms with Gasteiger partial charge in [0, 0.05) is 23.0 Å². The van der Waals surface area contributed by atoms with Crippen molar-refractivity contribution in [1.82, 2.24) is 0 Å². The number of carbonyl (C=O) groups is 3. The van der Waals surface area contributed by atoms with Crippen LogP contribution in [0.15, 0.2) is 77.5 Å². The van der Waals surface area contributed by atoms with Gasteiger partial charge in [0.25, 0.3) is 17.7 Å². The van der Waals surface area contributed by atoms with Crippen LogP contribution in [0.5, 0.6) is 11.5 Å². The topological polar surface area (TPSA) is 97.0 Å². The highest BCUT2D eigenvalue weighted by Gasteiger charge is 2.40. The first kappa shape index (κ1) is 24.8. The van der Waals surface area contributed by atoms with Gasteiger partial charge in [-0.3, -0.25) is 14.4 Å². The summed E-state index contributed by atoms with van der Waals surface area (Å²) >= 11 is 6.28. The van der Waals surface area contributed by atoms with Crippen molar-refractivity contribution in [1.29, 1.82) is 0 Å². The van der Waals surface area contributed by atoms with Gasteiger partial charge in [0.05, 0.1) is 19.9 Å². The van der Waals surface area contributed by atoms with Crippen molar-refractivity contribution in [3.63, 3.8) is 0 Å². The number of hydrogen-bond donors (Lipinski definition) is 2. The van der Waals surface area contributed by atoms with Crippen LogP contribution in [0.4, 0.5) is 17.1 Å². The molecule has 1 heterocycles. The summed E-state index contributed by atoms with van der Waals surface area (Å²) in [4.78, 5) is 39.9. The minimum absolute atomic E-state index is 0.103. The molecular formula is C27H24ClN3O5. The van der Waals surface area contributed by atoms with Gasteiger partial charge in [-0.2, -0.15) is 0 Å². The molecule has 0 fully saturated rings. The molecule has 0 atom stereocenters. The summed E-state index contributed by atoms with van der Waals surface area (Å²) in [5.74, 6) is -0.882. The molecule has 3 aromatic carbocycles. The summed E-state index contributed by atoms with van der Waals surface area (Å²) in [6.07, 6.45) is 0.774. The standard InChI is InChI=1S/C27H24ClN3O5/c1-4-16-8-5-6-11-20(16)30-25(32)17-9-7-10-18(14-17)29-24-23(28)26(33)31(27(24)34)21-13-12-19(35-2)15-22(21)36-3/h5-15,29H,4H2,1-3H3,(H,30,32). The number of benzene rings is 3. The third kappa shape index (κ3) is 4.76. The van der Waals surface area contributed by atoms with Crippen LogP contribution in [-0.4, -0.2) is 31.9 Å². The fourth-order valence-corrected chi connectivity index (χ4v) is 4.04. The van der Waals surface area contributed by atoms with Gasteiger partial charge in [-0.25, -0.2) is 4.90 Å². The Bertz CT molecular complexity index is 1390. The van der Waals surface area contributed by atoms with Crippen molar-refractivity contribution >= 4 is 46.4 Å². The molecule has 0 spiro atoms. The lowest BCUT2D eigenvalue weighted by Gasteiger charge is -2.18. The number of anilines is 3. The van der Waals surface area contributed by atoms with Crippen LogP contribution in [0.1, 0.15) is 22.8 Å². The van der Waals surface area contributed by atoms with E-state index in [1.165, 1.54) is 14.2 Å². The smallest absolute Gasteiger partial charge is 0.283 e. The summed E-state index contributed by atoms with van der Waals surface area (Å²) < 4.78 is 10.5. The molecule has 0 radical (unpaired) electrons. The fourth-order valence-electron chi connectivity index (χ4n) is 3.83. The average Bonchev–Trinajstić information content (AvgIpc) is 3.11. The van der Waals surface area contributed by atoms with Gasteiger partial charge in [-0.1, -0.05) is 42.8 Å². The molecule has 36 heavy (non-hydrogen) atoms. The first-order valence-electron chi connectivity index (χ1n) is 11.1. The van der Waals surface area contributed by atoms with Gasteiger partial charge >= 0.3 is 0 Å². The normalized spacial score (nSPS) is 13.2. The number of ether oxygens (including phenoxy) is 2. The Labute approximate surface area is 213 Å². The number of nitrogens with zero attached hydrogens (tertiary/aromatic N) is 1. The number of amides is 3. The maximum Gasteiger partial charge on any atom is 0.283 e. The van der Waals surface area contributed by atoms with Gasteiger partial charge in [-0.15, -0.1) is 0 Å². The first-order valence-corrected chi connectivity index (χ1v) is 11.5. The van der Waals surface area contributed by atoms with Crippen LogP contribution in [0.25, 0.3) is 0 Å². The van der Waals surface area contributed by atoms with Crippen molar-refractivity contribution < 1.29 is 23.9 Å². The number of rotatable bonds is 8. The predicted octanol–water partition coefficient (Wildman–Crippen LogP) is 4.95. The Balaban J connectivity index is 1.57. The highest BCUT2D eigenvalue weighted by atomic mass is 35.5. The van der Waals surface area contributed by atoms with E-state index in [1.807, 2.05) is 31.2 Å². The second kappa shape index (κ2) is 10.5. The van der Waals surface area contributed by atoms with Crippen molar-refractivity contribution in [3.8, 4) is 11.5 Å². The molecule has 3 aromatic rings. The SMILES string of the molecule is CCc1ccccc1NC(=O)c1cccc(NC2=C(Cl)C(=O)N(c3ccc(OC)cc3OC)C2=O)c1. The third-order valence-corrected chi connectivity index (χ3v) is 6.05. The van der Waals surface area contributed by atoms with E-state index in [0.717, 1.165) is 22.6 Å². The monoisotopic (exact) mass is 505 g/mol. The Morgan fingerprint density at radius 1 is 0.944 bits per heavy atom. The van der Waals surface area contributed by atoms with E-state index in [9.17, 15) is 14.4 Å². The Morgan fingerprint density at radius 2 is 1.72 bits per heavy atom. The van der Waals surface area contributed by atoms with Crippen LogP contribution in [0.2, 0.25) is 0 Å². The predicted molar refractivity (Wildman–Crippen MR) is 139 cm³/mol. The molecule has 9 heteroatoms. The molecular weight excluding hydrogens is 482 g/mol. The lowest BCUT2D eigenvalue weighted by atomic mass is 10.1. The minimum Gasteiger partial charge on any atom is -0.497 e. The van der Waals surface area contributed by atoms with E-state index >= 15 is 0 Å². The van der Waals surface area contributed by atoms with Gasteiger partial charge in [0.1, 0.15) is 22.2 Å². The molecule has 1 aliphatic rings.